The fourth-order valence-corrected chi connectivity index (χ4v) is 2.38. The molecule has 0 aliphatic heterocycles. The average Bonchev–Trinajstić information content (AvgIpc) is 3.07. The predicted octanol–water partition coefficient (Wildman–Crippen LogP) is 1.85. The summed E-state index contributed by atoms with van der Waals surface area (Å²) < 4.78 is 40.2. The van der Waals surface area contributed by atoms with Crippen LogP contribution in [0.3, 0.4) is 0 Å². The number of carbonyl (C=O) groups is 3. The van der Waals surface area contributed by atoms with Crippen LogP contribution in [0, 0.1) is 0 Å². The van der Waals surface area contributed by atoms with Crippen molar-refractivity contribution in [3.8, 4) is 5.69 Å². The predicted molar refractivity (Wildman–Crippen MR) is 91.2 cm³/mol. The van der Waals surface area contributed by atoms with Crippen LogP contribution in [0.5, 0.6) is 0 Å². The Morgan fingerprint density at radius 3 is 2.25 bits per heavy atom. The van der Waals surface area contributed by atoms with Gasteiger partial charge in [-0.3, -0.25) is 9.59 Å². The second-order valence-electron chi connectivity index (χ2n) is 5.76. The van der Waals surface area contributed by atoms with Crippen molar-refractivity contribution < 1.29 is 32.7 Å². The Kier molecular flexibility index (Phi) is 6.39. The smallest absolute Gasteiger partial charge is 0.434 e. The molecular weight excluding hydrogens is 381 g/mol. The standard InChI is InChI=1S/C17H17F3N4O4/c1-10(25)21-7-2-8-22-15(26)11-3-5-12(6-4-11)24-14(17(18,19)20)13(9-23-24)16(27)28/h3-6,9H,2,7-8H2,1H3,(H,21,25)(H,22,26)(H,27,28). The molecule has 3 N–H and O–H groups in total. The highest BCUT2D eigenvalue weighted by Gasteiger charge is 2.40. The lowest BCUT2D eigenvalue weighted by Gasteiger charge is -2.12. The molecule has 0 radical (unpaired) electrons. The third-order valence-corrected chi connectivity index (χ3v) is 3.66. The van der Waals surface area contributed by atoms with Crippen molar-refractivity contribution in [2.75, 3.05) is 13.1 Å². The van der Waals surface area contributed by atoms with Gasteiger partial charge in [0.25, 0.3) is 5.91 Å². The lowest BCUT2D eigenvalue weighted by molar-refractivity contribution is -0.143. The molecule has 0 atom stereocenters. The van der Waals surface area contributed by atoms with Crippen LogP contribution in [0.4, 0.5) is 13.2 Å². The fourth-order valence-electron chi connectivity index (χ4n) is 2.38. The molecule has 0 saturated carbocycles. The number of hydrogen-bond acceptors (Lipinski definition) is 4. The number of carboxylic acids is 1. The number of aromatic carboxylic acids is 1. The summed E-state index contributed by atoms with van der Waals surface area (Å²) in [6.45, 7) is 2.09. The van der Waals surface area contributed by atoms with Gasteiger partial charge in [-0.1, -0.05) is 0 Å². The number of benzene rings is 1. The van der Waals surface area contributed by atoms with Crippen LogP contribution in [0.15, 0.2) is 30.5 Å². The highest BCUT2D eigenvalue weighted by molar-refractivity contribution is 5.94. The lowest BCUT2D eigenvalue weighted by Crippen LogP contribution is -2.28. The first-order valence-corrected chi connectivity index (χ1v) is 8.13. The molecule has 8 nitrogen and oxygen atoms in total. The van der Waals surface area contributed by atoms with Gasteiger partial charge >= 0.3 is 12.1 Å². The molecule has 0 spiro atoms. The Balaban J connectivity index is 2.12. The minimum Gasteiger partial charge on any atom is -0.478 e. The van der Waals surface area contributed by atoms with Gasteiger partial charge in [0.15, 0.2) is 5.69 Å². The molecule has 2 aromatic rings. The summed E-state index contributed by atoms with van der Waals surface area (Å²) >= 11 is 0. The maximum Gasteiger partial charge on any atom is 0.434 e. The molecule has 0 aliphatic carbocycles. The zero-order valence-corrected chi connectivity index (χ0v) is 14.7. The van der Waals surface area contributed by atoms with E-state index in [0.29, 0.717) is 30.4 Å². The molecule has 28 heavy (non-hydrogen) atoms. The van der Waals surface area contributed by atoms with Gasteiger partial charge in [-0.15, -0.1) is 0 Å². The minimum absolute atomic E-state index is 0.0398. The summed E-state index contributed by atoms with van der Waals surface area (Å²) in [5, 5.41) is 17.6. The Labute approximate surface area is 157 Å². The van der Waals surface area contributed by atoms with E-state index >= 15 is 0 Å². The molecule has 0 aliphatic rings. The second-order valence-corrected chi connectivity index (χ2v) is 5.76. The molecule has 2 amide bonds. The molecular formula is C17H17F3N4O4. The average molecular weight is 398 g/mol. The lowest BCUT2D eigenvalue weighted by atomic mass is 10.2. The van der Waals surface area contributed by atoms with Crippen LogP contribution in [0.1, 0.15) is 39.8 Å². The Hall–Kier alpha value is -3.37. The van der Waals surface area contributed by atoms with Crippen molar-refractivity contribution in [3.05, 3.63) is 47.3 Å². The Morgan fingerprint density at radius 2 is 1.71 bits per heavy atom. The molecule has 1 aromatic heterocycles. The summed E-state index contributed by atoms with van der Waals surface area (Å²) in [5.41, 5.74) is -2.20. The maximum absolute atomic E-state index is 13.2. The molecule has 150 valence electrons. The molecule has 0 fully saturated rings. The third kappa shape index (κ3) is 5.09. The molecule has 0 unspecified atom stereocenters. The van der Waals surface area contributed by atoms with Crippen molar-refractivity contribution in [3.63, 3.8) is 0 Å². The first kappa shape index (κ1) is 20.9. The van der Waals surface area contributed by atoms with Gasteiger partial charge in [-0.05, 0) is 30.7 Å². The SMILES string of the molecule is CC(=O)NCCCNC(=O)c1ccc(-n2ncc(C(=O)O)c2C(F)(F)F)cc1. The highest BCUT2D eigenvalue weighted by atomic mass is 19.4. The first-order chi connectivity index (χ1) is 13.1. The van der Waals surface area contributed by atoms with Crippen molar-refractivity contribution in [2.24, 2.45) is 0 Å². The molecule has 2 rings (SSSR count). The van der Waals surface area contributed by atoms with E-state index in [9.17, 15) is 27.6 Å². The molecule has 0 bridgehead atoms. The number of carbonyl (C=O) groups excluding carboxylic acids is 2. The summed E-state index contributed by atoms with van der Waals surface area (Å²) in [6, 6.07) is 5.09. The number of hydrogen-bond donors (Lipinski definition) is 3. The van der Waals surface area contributed by atoms with Gasteiger partial charge in [0.1, 0.15) is 5.56 Å². The van der Waals surface area contributed by atoms with E-state index in [4.69, 9.17) is 5.11 Å². The molecule has 11 heteroatoms. The summed E-state index contributed by atoms with van der Waals surface area (Å²) in [4.78, 5) is 33.8. The number of alkyl halides is 3. The van der Waals surface area contributed by atoms with Gasteiger partial charge in [0.2, 0.25) is 5.91 Å². The second kappa shape index (κ2) is 8.55. The van der Waals surface area contributed by atoms with Gasteiger partial charge in [0, 0.05) is 25.6 Å². The van der Waals surface area contributed by atoms with Crippen molar-refractivity contribution >= 4 is 17.8 Å². The van der Waals surface area contributed by atoms with Gasteiger partial charge < -0.3 is 15.7 Å². The van der Waals surface area contributed by atoms with E-state index in [0.717, 1.165) is 0 Å². The van der Waals surface area contributed by atoms with E-state index in [1.807, 2.05) is 0 Å². The molecule has 1 heterocycles. The number of amides is 2. The van der Waals surface area contributed by atoms with Crippen molar-refractivity contribution in [1.29, 1.82) is 0 Å². The zero-order chi connectivity index (χ0) is 20.9. The molecule has 1 aromatic carbocycles. The third-order valence-electron chi connectivity index (χ3n) is 3.66. The Morgan fingerprint density at radius 1 is 1.11 bits per heavy atom. The van der Waals surface area contributed by atoms with Gasteiger partial charge in [-0.25, -0.2) is 9.48 Å². The number of halogens is 3. The summed E-state index contributed by atoms with van der Waals surface area (Å²) in [6.07, 6.45) is -3.78. The topological polar surface area (TPSA) is 113 Å². The van der Waals surface area contributed by atoms with Crippen molar-refractivity contribution in [2.45, 2.75) is 19.5 Å². The number of nitrogens with zero attached hydrogens (tertiary/aromatic N) is 2. The summed E-state index contributed by atoms with van der Waals surface area (Å²) in [5.74, 6) is -2.35. The number of carboxylic acid groups (broad SMARTS) is 1. The largest absolute Gasteiger partial charge is 0.478 e. The van der Waals surface area contributed by atoms with Crippen LogP contribution in [0.25, 0.3) is 5.69 Å². The highest BCUT2D eigenvalue weighted by Crippen LogP contribution is 2.33. The maximum atomic E-state index is 13.2. The number of nitrogens with one attached hydrogen (secondary N) is 2. The van der Waals surface area contributed by atoms with Gasteiger partial charge in [-0.2, -0.15) is 18.3 Å². The zero-order valence-electron chi connectivity index (χ0n) is 14.7. The van der Waals surface area contributed by atoms with E-state index in [2.05, 4.69) is 15.7 Å². The fraction of sp³-hybridized carbons (Fsp3) is 0.294. The quantitative estimate of drug-likeness (QED) is 0.616. The van der Waals surface area contributed by atoms with E-state index in [1.54, 1.807) is 0 Å². The number of aromatic nitrogens is 2. The monoisotopic (exact) mass is 398 g/mol. The normalized spacial score (nSPS) is 11.1. The van der Waals surface area contributed by atoms with Crippen LogP contribution in [-0.4, -0.2) is 45.8 Å². The first-order valence-electron chi connectivity index (χ1n) is 8.13. The van der Waals surface area contributed by atoms with E-state index in [1.165, 1.54) is 31.2 Å². The van der Waals surface area contributed by atoms with Crippen LogP contribution < -0.4 is 10.6 Å². The van der Waals surface area contributed by atoms with Crippen LogP contribution in [-0.2, 0) is 11.0 Å². The minimum atomic E-state index is -4.92. The van der Waals surface area contributed by atoms with Crippen LogP contribution >= 0.6 is 0 Å². The molecule has 0 saturated heterocycles. The van der Waals surface area contributed by atoms with E-state index < -0.39 is 29.3 Å². The Bertz CT molecular complexity index is 876. The van der Waals surface area contributed by atoms with E-state index in [-0.39, 0.29) is 17.2 Å². The van der Waals surface area contributed by atoms with Crippen LogP contribution in [0.2, 0.25) is 0 Å². The number of rotatable bonds is 7. The van der Waals surface area contributed by atoms with Gasteiger partial charge in [0.05, 0.1) is 11.9 Å². The summed E-state index contributed by atoms with van der Waals surface area (Å²) in [7, 11) is 0. The van der Waals surface area contributed by atoms with Crippen molar-refractivity contribution in [1.82, 2.24) is 20.4 Å².